The van der Waals surface area contributed by atoms with Crippen molar-refractivity contribution in [2.24, 2.45) is 5.73 Å². The molecule has 0 aliphatic rings. The van der Waals surface area contributed by atoms with E-state index >= 15 is 0 Å². The van der Waals surface area contributed by atoms with Crippen molar-refractivity contribution in [2.75, 3.05) is 6.54 Å². The molecule has 17 heavy (non-hydrogen) atoms. The lowest BCUT2D eigenvalue weighted by atomic mass is 10.1. The zero-order chi connectivity index (χ0) is 12.7. The van der Waals surface area contributed by atoms with E-state index in [1.54, 1.807) is 11.3 Å². The van der Waals surface area contributed by atoms with E-state index in [2.05, 4.69) is 12.2 Å². The standard InChI is InChI=1S/C12H19ClN2OS/c1-2-3-9(14)8-12(16)15-7-6-10-4-5-11(13)17-10/h4-5,9H,2-3,6-8,14H2,1H3,(H,15,16). The number of carbonyl (C=O) groups excluding carboxylic acids is 1. The van der Waals surface area contributed by atoms with E-state index in [1.165, 1.54) is 4.88 Å². The third kappa shape index (κ3) is 6.05. The van der Waals surface area contributed by atoms with Crippen molar-refractivity contribution in [3.05, 3.63) is 21.3 Å². The maximum atomic E-state index is 11.5. The number of amides is 1. The van der Waals surface area contributed by atoms with E-state index in [9.17, 15) is 4.79 Å². The monoisotopic (exact) mass is 274 g/mol. The molecule has 0 saturated carbocycles. The summed E-state index contributed by atoms with van der Waals surface area (Å²) in [5.74, 6) is 0.0357. The van der Waals surface area contributed by atoms with Crippen LogP contribution in [0.4, 0.5) is 0 Å². The Morgan fingerprint density at radius 1 is 1.59 bits per heavy atom. The van der Waals surface area contributed by atoms with Crippen molar-refractivity contribution in [3.63, 3.8) is 0 Å². The van der Waals surface area contributed by atoms with Crippen LogP contribution < -0.4 is 11.1 Å². The van der Waals surface area contributed by atoms with Crippen LogP contribution in [0, 0.1) is 0 Å². The first-order valence-corrected chi connectivity index (χ1v) is 7.07. The summed E-state index contributed by atoms with van der Waals surface area (Å²) in [6.45, 7) is 2.72. The molecule has 5 heteroatoms. The smallest absolute Gasteiger partial charge is 0.221 e. The van der Waals surface area contributed by atoms with Crippen LogP contribution in [0.1, 0.15) is 31.1 Å². The quantitative estimate of drug-likeness (QED) is 0.803. The molecule has 0 aromatic carbocycles. The van der Waals surface area contributed by atoms with E-state index in [-0.39, 0.29) is 11.9 Å². The van der Waals surface area contributed by atoms with Gasteiger partial charge in [-0.25, -0.2) is 0 Å². The van der Waals surface area contributed by atoms with Crippen LogP contribution in [0.15, 0.2) is 12.1 Å². The lowest BCUT2D eigenvalue weighted by molar-refractivity contribution is -0.121. The molecule has 0 aliphatic heterocycles. The molecule has 1 unspecified atom stereocenters. The topological polar surface area (TPSA) is 55.1 Å². The van der Waals surface area contributed by atoms with Gasteiger partial charge in [0.05, 0.1) is 4.34 Å². The summed E-state index contributed by atoms with van der Waals surface area (Å²) in [7, 11) is 0. The van der Waals surface area contributed by atoms with E-state index in [1.807, 2.05) is 12.1 Å². The summed E-state index contributed by atoms with van der Waals surface area (Å²) < 4.78 is 0.788. The third-order valence-electron chi connectivity index (χ3n) is 2.43. The molecule has 3 N–H and O–H groups in total. The fourth-order valence-electron chi connectivity index (χ4n) is 1.59. The molecule has 1 rings (SSSR count). The molecule has 0 aliphatic carbocycles. The highest BCUT2D eigenvalue weighted by Gasteiger charge is 2.08. The summed E-state index contributed by atoms with van der Waals surface area (Å²) in [5, 5.41) is 2.87. The maximum Gasteiger partial charge on any atom is 0.221 e. The fraction of sp³-hybridized carbons (Fsp3) is 0.583. The van der Waals surface area contributed by atoms with Crippen LogP contribution in [-0.4, -0.2) is 18.5 Å². The number of hydrogen-bond acceptors (Lipinski definition) is 3. The third-order valence-corrected chi connectivity index (χ3v) is 3.72. The molecule has 0 fully saturated rings. The van der Waals surface area contributed by atoms with Gasteiger partial charge in [0.15, 0.2) is 0 Å². The first-order chi connectivity index (χ1) is 8.11. The van der Waals surface area contributed by atoms with Gasteiger partial charge in [0.25, 0.3) is 0 Å². The number of nitrogens with one attached hydrogen (secondary N) is 1. The van der Waals surface area contributed by atoms with Gasteiger partial charge in [-0.2, -0.15) is 0 Å². The second-order valence-corrected chi connectivity index (χ2v) is 5.86. The van der Waals surface area contributed by atoms with Gasteiger partial charge < -0.3 is 11.1 Å². The molecule has 1 aromatic heterocycles. The minimum absolute atomic E-state index is 0.0174. The minimum atomic E-state index is -0.0174. The normalized spacial score (nSPS) is 12.4. The highest BCUT2D eigenvalue weighted by molar-refractivity contribution is 7.16. The molecular weight excluding hydrogens is 256 g/mol. The molecule has 1 amide bonds. The Balaban J connectivity index is 2.16. The second-order valence-electron chi connectivity index (χ2n) is 4.06. The van der Waals surface area contributed by atoms with Crippen LogP contribution in [0.2, 0.25) is 4.34 Å². The Hall–Kier alpha value is -0.580. The van der Waals surface area contributed by atoms with Gasteiger partial charge in [-0.05, 0) is 25.0 Å². The molecule has 0 bridgehead atoms. The van der Waals surface area contributed by atoms with Gasteiger partial charge in [-0.3, -0.25) is 4.79 Å². The summed E-state index contributed by atoms with van der Waals surface area (Å²) in [6.07, 6.45) is 3.15. The summed E-state index contributed by atoms with van der Waals surface area (Å²) in [5.41, 5.74) is 5.80. The summed E-state index contributed by atoms with van der Waals surface area (Å²) >= 11 is 7.37. The first-order valence-electron chi connectivity index (χ1n) is 5.88. The molecule has 0 saturated heterocycles. The second kappa shape index (κ2) is 7.69. The van der Waals surface area contributed by atoms with Crippen LogP contribution in [0.5, 0.6) is 0 Å². The Kier molecular flexibility index (Phi) is 6.55. The highest BCUT2D eigenvalue weighted by Crippen LogP contribution is 2.21. The van der Waals surface area contributed by atoms with Crippen molar-refractivity contribution < 1.29 is 4.79 Å². The van der Waals surface area contributed by atoms with Gasteiger partial charge in [0.1, 0.15) is 0 Å². The van der Waals surface area contributed by atoms with E-state index in [4.69, 9.17) is 17.3 Å². The SMILES string of the molecule is CCCC(N)CC(=O)NCCc1ccc(Cl)s1. The lowest BCUT2D eigenvalue weighted by Crippen LogP contribution is -2.32. The van der Waals surface area contributed by atoms with Crippen LogP contribution in [0.25, 0.3) is 0 Å². The molecule has 0 spiro atoms. The van der Waals surface area contributed by atoms with Crippen molar-refractivity contribution in [1.29, 1.82) is 0 Å². The average molecular weight is 275 g/mol. The van der Waals surface area contributed by atoms with Crippen molar-refractivity contribution in [3.8, 4) is 0 Å². The predicted octanol–water partition coefficient (Wildman–Crippen LogP) is 2.58. The van der Waals surface area contributed by atoms with Crippen molar-refractivity contribution in [1.82, 2.24) is 5.32 Å². The van der Waals surface area contributed by atoms with Crippen LogP contribution >= 0.6 is 22.9 Å². The molecule has 1 heterocycles. The van der Waals surface area contributed by atoms with Crippen LogP contribution in [0.3, 0.4) is 0 Å². The van der Waals surface area contributed by atoms with Crippen LogP contribution in [-0.2, 0) is 11.2 Å². The van der Waals surface area contributed by atoms with E-state index in [0.29, 0.717) is 13.0 Å². The zero-order valence-corrected chi connectivity index (χ0v) is 11.6. The summed E-state index contributed by atoms with van der Waals surface area (Å²) in [6, 6.07) is 3.85. The molecular formula is C12H19ClN2OS. The Morgan fingerprint density at radius 2 is 2.35 bits per heavy atom. The molecule has 1 atom stereocenters. The van der Waals surface area contributed by atoms with Gasteiger partial charge in [0.2, 0.25) is 5.91 Å². The fourth-order valence-corrected chi connectivity index (χ4v) is 2.68. The lowest BCUT2D eigenvalue weighted by Gasteiger charge is -2.10. The maximum absolute atomic E-state index is 11.5. The number of carbonyl (C=O) groups is 1. The molecule has 1 aromatic rings. The zero-order valence-electron chi connectivity index (χ0n) is 10.0. The molecule has 0 radical (unpaired) electrons. The van der Waals surface area contributed by atoms with Gasteiger partial charge in [0, 0.05) is 23.9 Å². The Morgan fingerprint density at radius 3 is 2.94 bits per heavy atom. The number of halogens is 1. The van der Waals surface area contributed by atoms with Gasteiger partial charge in [-0.1, -0.05) is 24.9 Å². The number of rotatable bonds is 7. The molecule has 96 valence electrons. The van der Waals surface area contributed by atoms with Gasteiger partial charge >= 0.3 is 0 Å². The summed E-state index contributed by atoms with van der Waals surface area (Å²) in [4.78, 5) is 12.7. The van der Waals surface area contributed by atoms with E-state index in [0.717, 1.165) is 23.6 Å². The molecule has 3 nitrogen and oxygen atoms in total. The first kappa shape index (κ1) is 14.5. The van der Waals surface area contributed by atoms with Crippen molar-refractivity contribution in [2.45, 2.75) is 38.6 Å². The number of nitrogens with two attached hydrogens (primary N) is 1. The van der Waals surface area contributed by atoms with E-state index < -0.39 is 0 Å². The van der Waals surface area contributed by atoms with Crippen molar-refractivity contribution >= 4 is 28.8 Å². The largest absolute Gasteiger partial charge is 0.356 e. The Labute approximate surface area is 111 Å². The minimum Gasteiger partial charge on any atom is -0.356 e. The number of hydrogen-bond donors (Lipinski definition) is 2. The van der Waals surface area contributed by atoms with Gasteiger partial charge in [-0.15, -0.1) is 11.3 Å². The number of thiophene rings is 1. The Bertz CT molecular complexity index is 354. The predicted molar refractivity (Wildman–Crippen MR) is 73.5 cm³/mol. The highest BCUT2D eigenvalue weighted by atomic mass is 35.5. The average Bonchev–Trinajstić information content (AvgIpc) is 2.64.